The summed E-state index contributed by atoms with van der Waals surface area (Å²) in [7, 11) is 0. The molecule has 0 aromatic rings. The SMILES string of the molecule is CCN(C(=O)C1CCCC1(C)C)C1COCC1C(=O)O. The summed E-state index contributed by atoms with van der Waals surface area (Å²) >= 11 is 0. The van der Waals surface area contributed by atoms with Gasteiger partial charge in [-0.05, 0) is 25.2 Å². The summed E-state index contributed by atoms with van der Waals surface area (Å²) in [5, 5.41) is 9.26. The lowest BCUT2D eigenvalue weighted by Gasteiger charge is -2.35. The number of amides is 1. The molecule has 2 fully saturated rings. The number of carboxylic acid groups (broad SMARTS) is 1. The van der Waals surface area contributed by atoms with E-state index in [2.05, 4.69) is 13.8 Å². The van der Waals surface area contributed by atoms with Gasteiger partial charge in [0.1, 0.15) is 5.92 Å². The van der Waals surface area contributed by atoms with Gasteiger partial charge in [0.25, 0.3) is 0 Å². The largest absolute Gasteiger partial charge is 0.481 e. The number of aliphatic carboxylic acids is 1. The highest BCUT2D eigenvalue weighted by Gasteiger charge is 2.45. The van der Waals surface area contributed by atoms with Gasteiger partial charge < -0.3 is 14.7 Å². The second-order valence-corrected chi connectivity index (χ2v) is 6.61. The number of rotatable bonds is 4. The molecule has 1 aliphatic carbocycles. The molecule has 0 aromatic carbocycles. The van der Waals surface area contributed by atoms with Gasteiger partial charge in [-0.1, -0.05) is 20.3 Å². The van der Waals surface area contributed by atoms with Crippen LogP contribution in [0.1, 0.15) is 40.0 Å². The minimum Gasteiger partial charge on any atom is -0.481 e. The Morgan fingerprint density at radius 2 is 2.05 bits per heavy atom. The molecule has 1 saturated carbocycles. The molecule has 3 atom stereocenters. The molecule has 1 saturated heterocycles. The Kier molecular flexibility index (Phi) is 4.37. The molecule has 2 rings (SSSR count). The fourth-order valence-electron chi connectivity index (χ4n) is 3.62. The molecular weight excluding hydrogens is 258 g/mol. The van der Waals surface area contributed by atoms with Crippen LogP contribution in [0.5, 0.6) is 0 Å². The van der Waals surface area contributed by atoms with Crippen molar-refractivity contribution in [1.29, 1.82) is 0 Å². The van der Waals surface area contributed by atoms with Crippen molar-refractivity contribution in [2.24, 2.45) is 17.3 Å². The van der Waals surface area contributed by atoms with Gasteiger partial charge in [0.2, 0.25) is 5.91 Å². The standard InChI is InChI=1S/C15H25NO4/c1-4-16(12-9-20-8-10(12)14(18)19)13(17)11-6-5-7-15(11,2)3/h10-12H,4-9H2,1-3H3,(H,18,19). The number of carboxylic acids is 1. The molecule has 1 amide bonds. The topological polar surface area (TPSA) is 66.8 Å². The molecule has 0 aromatic heterocycles. The first kappa shape index (κ1) is 15.3. The number of hydrogen-bond donors (Lipinski definition) is 1. The van der Waals surface area contributed by atoms with Gasteiger partial charge in [-0.3, -0.25) is 9.59 Å². The lowest BCUT2D eigenvalue weighted by Crippen LogP contribution is -2.50. The highest BCUT2D eigenvalue weighted by Crippen LogP contribution is 2.44. The van der Waals surface area contributed by atoms with Gasteiger partial charge in [0, 0.05) is 12.5 Å². The van der Waals surface area contributed by atoms with Gasteiger partial charge in [0.15, 0.2) is 0 Å². The van der Waals surface area contributed by atoms with Crippen LogP contribution in [-0.4, -0.2) is 47.7 Å². The Labute approximate surface area is 120 Å². The van der Waals surface area contributed by atoms with Crippen LogP contribution >= 0.6 is 0 Å². The maximum Gasteiger partial charge on any atom is 0.311 e. The zero-order valence-corrected chi connectivity index (χ0v) is 12.6. The van der Waals surface area contributed by atoms with Crippen LogP contribution in [0.4, 0.5) is 0 Å². The minimum absolute atomic E-state index is 0.0116. The number of carbonyl (C=O) groups excluding carboxylic acids is 1. The molecule has 0 spiro atoms. The number of likely N-dealkylation sites (N-methyl/N-ethyl adjacent to an activating group) is 1. The Balaban J connectivity index is 2.15. The smallest absolute Gasteiger partial charge is 0.311 e. The van der Waals surface area contributed by atoms with Crippen LogP contribution in [0, 0.1) is 17.3 Å². The third-order valence-corrected chi connectivity index (χ3v) is 4.95. The van der Waals surface area contributed by atoms with E-state index in [1.807, 2.05) is 6.92 Å². The fourth-order valence-corrected chi connectivity index (χ4v) is 3.62. The second-order valence-electron chi connectivity index (χ2n) is 6.61. The van der Waals surface area contributed by atoms with Crippen molar-refractivity contribution in [3.05, 3.63) is 0 Å². The van der Waals surface area contributed by atoms with Crippen LogP contribution in [0.3, 0.4) is 0 Å². The maximum atomic E-state index is 12.8. The molecule has 1 heterocycles. The van der Waals surface area contributed by atoms with Crippen molar-refractivity contribution in [2.45, 2.75) is 46.1 Å². The van der Waals surface area contributed by atoms with E-state index in [9.17, 15) is 14.7 Å². The maximum absolute atomic E-state index is 12.8. The Morgan fingerprint density at radius 3 is 2.55 bits per heavy atom. The van der Waals surface area contributed by atoms with Crippen molar-refractivity contribution in [3.63, 3.8) is 0 Å². The quantitative estimate of drug-likeness (QED) is 0.853. The molecule has 5 nitrogen and oxygen atoms in total. The summed E-state index contributed by atoms with van der Waals surface area (Å²) in [4.78, 5) is 25.9. The molecule has 114 valence electrons. The summed E-state index contributed by atoms with van der Waals surface area (Å²) in [5.41, 5.74) is 0.0166. The molecule has 20 heavy (non-hydrogen) atoms. The number of carbonyl (C=O) groups is 2. The Bertz CT molecular complexity index is 393. The lowest BCUT2D eigenvalue weighted by molar-refractivity contribution is -0.147. The first-order valence-corrected chi connectivity index (χ1v) is 7.49. The van der Waals surface area contributed by atoms with E-state index in [1.54, 1.807) is 4.90 Å². The molecule has 0 bridgehead atoms. The molecule has 0 radical (unpaired) electrons. The lowest BCUT2D eigenvalue weighted by atomic mass is 9.80. The molecule has 2 aliphatic rings. The van der Waals surface area contributed by atoms with Crippen molar-refractivity contribution in [3.8, 4) is 0 Å². The Morgan fingerprint density at radius 1 is 1.35 bits per heavy atom. The van der Waals surface area contributed by atoms with Crippen LogP contribution < -0.4 is 0 Å². The highest BCUT2D eigenvalue weighted by molar-refractivity contribution is 5.81. The molecule has 3 unspecified atom stereocenters. The molecule has 1 N–H and O–H groups in total. The van der Waals surface area contributed by atoms with E-state index >= 15 is 0 Å². The van der Waals surface area contributed by atoms with Gasteiger partial charge in [-0.15, -0.1) is 0 Å². The third-order valence-electron chi connectivity index (χ3n) is 4.95. The van der Waals surface area contributed by atoms with E-state index in [0.29, 0.717) is 13.2 Å². The van der Waals surface area contributed by atoms with Crippen molar-refractivity contribution >= 4 is 11.9 Å². The van der Waals surface area contributed by atoms with E-state index in [1.165, 1.54) is 0 Å². The second kappa shape index (κ2) is 5.72. The number of ether oxygens (including phenoxy) is 1. The van der Waals surface area contributed by atoms with E-state index in [-0.39, 0.29) is 29.9 Å². The minimum atomic E-state index is -0.871. The molecule has 5 heteroatoms. The zero-order chi connectivity index (χ0) is 14.9. The van der Waals surface area contributed by atoms with Crippen LogP contribution in [-0.2, 0) is 14.3 Å². The normalized spacial score (nSPS) is 32.2. The van der Waals surface area contributed by atoms with Gasteiger partial charge in [-0.2, -0.15) is 0 Å². The average molecular weight is 283 g/mol. The first-order chi connectivity index (χ1) is 9.38. The fraction of sp³-hybridized carbons (Fsp3) is 0.867. The van der Waals surface area contributed by atoms with E-state index < -0.39 is 11.9 Å². The van der Waals surface area contributed by atoms with Crippen molar-refractivity contribution in [1.82, 2.24) is 4.90 Å². The molecular formula is C15H25NO4. The number of hydrogen-bond acceptors (Lipinski definition) is 3. The monoisotopic (exact) mass is 283 g/mol. The van der Waals surface area contributed by atoms with Gasteiger partial charge in [0.05, 0.1) is 19.3 Å². The average Bonchev–Trinajstić information content (AvgIpc) is 2.96. The van der Waals surface area contributed by atoms with Crippen LogP contribution in [0.2, 0.25) is 0 Å². The van der Waals surface area contributed by atoms with Gasteiger partial charge >= 0.3 is 5.97 Å². The summed E-state index contributed by atoms with van der Waals surface area (Å²) in [6.45, 7) is 7.27. The Hall–Kier alpha value is -1.10. The summed E-state index contributed by atoms with van der Waals surface area (Å²) < 4.78 is 5.30. The van der Waals surface area contributed by atoms with Crippen LogP contribution in [0.15, 0.2) is 0 Å². The van der Waals surface area contributed by atoms with Gasteiger partial charge in [-0.25, -0.2) is 0 Å². The van der Waals surface area contributed by atoms with Crippen molar-refractivity contribution < 1.29 is 19.4 Å². The summed E-state index contributed by atoms with van der Waals surface area (Å²) in [5.74, 6) is -1.35. The number of nitrogens with zero attached hydrogens (tertiary/aromatic N) is 1. The highest BCUT2D eigenvalue weighted by atomic mass is 16.5. The summed E-state index contributed by atoms with van der Waals surface area (Å²) in [6, 6.07) is -0.318. The van der Waals surface area contributed by atoms with Crippen LogP contribution in [0.25, 0.3) is 0 Å². The van der Waals surface area contributed by atoms with E-state index in [0.717, 1.165) is 19.3 Å². The first-order valence-electron chi connectivity index (χ1n) is 7.49. The summed E-state index contributed by atoms with van der Waals surface area (Å²) in [6.07, 6.45) is 3.04. The molecule has 1 aliphatic heterocycles. The van der Waals surface area contributed by atoms with Crippen molar-refractivity contribution in [2.75, 3.05) is 19.8 Å². The third kappa shape index (κ3) is 2.68. The zero-order valence-electron chi connectivity index (χ0n) is 12.6. The predicted molar refractivity (Wildman–Crippen MR) is 74.2 cm³/mol. The predicted octanol–water partition coefficient (Wildman–Crippen LogP) is 1.76. The van der Waals surface area contributed by atoms with E-state index in [4.69, 9.17) is 4.74 Å².